The Kier molecular flexibility index (Phi) is 2.46. The quantitative estimate of drug-likeness (QED) is 0.191. The van der Waals surface area contributed by atoms with Gasteiger partial charge in [-0.05, 0) is 80.7 Å². The van der Waals surface area contributed by atoms with Crippen LogP contribution in [-0.4, -0.2) is 0 Å². The van der Waals surface area contributed by atoms with Crippen LogP contribution in [0.2, 0.25) is 0 Å². The van der Waals surface area contributed by atoms with Crippen molar-refractivity contribution < 1.29 is 42.8 Å². The summed E-state index contributed by atoms with van der Waals surface area (Å²) in [6.07, 6.45) is 0. The molecule has 0 unspecified atom stereocenters. The number of benzene rings is 8. The zero-order chi connectivity index (χ0) is 54.8. The van der Waals surface area contributed by atoms with Crippen LogP contribution in [0.4, 0.5) is 17.1 Å². The van der Waals surface area contributed by atoms with Gasteiger partial charge in [0, 0.05) is 22.1 Å². The number of para-hydroxylation sites is 1. The van der Waals surface area contributed by atoms with Gasteiger partial charge in [-0.1, -0.05) is 133 Å². The fraction of sp³-hybridized carbons (Fsp3) is 0. The van der Waals surface area contributed by atoms with Crippen LogP contribution < -0.4 is 4.90 Å². The van der Waals surface area contributed by atoms with Gasteiger partial charge in [0.05, 0.1) is 49.5 Å². The third kappa shape index (κ3) is 4.43. The molecule has 0 N–H and O–H groups in total. The topological polar surface area (TPSA) is 16.4 Å². The van der Waals surface area contributed by atoms with E-state index in [1.807, 2.05) is 0 Å². The van der Waals surface area contributed by atoms with Crippen LogP contribution in [0, 0.1) is 0 Å². The molecule has 0 spiro atoms. The lowest BCUT2D eigenvalue weighted by atomic mass is 9.99. The highest BCUT2D eigenvalue weighted by molar-refractivity contribution is 6.21. The zero-order valence-corrected chi connectivity index (χ0v) is 22.9. The molecule has 0 saturated heterocycles. The smallest absolute Gasteiger partial charge is 0.145 e. The van der Waals surface area contributed by atoms with Gasteiger partial charge in [0.25, 0.3) is 0 Å². The minimum Gasteiger partial charge on any atom is -0.455 e. The zero-order valence-electron chi connectivity index (χ0n) is 50.9. The molecule has 0 radical (unpaired) electrons. The van der Waals surface area contributed by atoms with Gasteiger partial charge >= 0.3 is 0 Å². The first kappa shape index (κ1) is 10.5. The van der Waals surface area contributed by atoms with Crippen LogP contribution in [0.15, 0.2) is 180 Å². The van der Waals surface area contributed by atoms with E-state index in [-0.39, 0.29) is 0 Å². The number of hydrogen-bond acceptors (Lipinski definition) is 2. The van der Waals surface area contributed by atoms with Crippen LogP contribution in [0.3, 0.4) is 0 Å². The van der Waals surface area contributed by atoms with E-state index < -0.39 is 252 Å². The predicted molar refractivity (Wildman–Crippen MR) is 194 cm³/mol. The van der Waals surface area contributed by atoms with Crippen molar-refractivity contribution in [2.24, 2.45) is 0 Å². The highest BCUT2D eigenvalue weighted by Crippen LogP contribution is 2.46. The fourth-order valence-corrected chi connectivity index (χ4v) is 4.95. The second-order valence-corrected chi connectivity index (χ2v) is 9.61. The number of hydrogen-bond donors (Lipinski definition) is 0. The number of rotatable bonds is 5. The van der Waals surface area contributed by atoms with Crippen molar-refractivity contribution in [3.05, 3.63) is 175 Å². The standard InChI is InChI=1S/C44H29NO/c1-2-10-30(11-3-1)32-20-24-37(25-21-32)45(38-26-22-33(23-27-38)35-19-18-31-12-4-5-13-34(31)28-35)41-29-36-14-6-7-15-39(36)44-43(41)40-16-8-9-17-42(40)46-44/h1-29H/i1D,2D,3D,4D,5D,6D,7D,8D,9D,10D,11D,12D,13D,14D,15D,16D,17D,18D,19D,20D,21D,22D,23D,24D,25D,26D,27D,28D. The molecule has 0 amide bonds. The Bertz CT molecular complexity index is 4040. The lowest BCUT2D eigenvalue weighted by molar-refractivity contribution is 0.672. The fourth-order valence-electron chi connectivity index (χ4n) is 4.95. The number of anilines is 3. The van der Waals surface area contributed by atoms with Crippen LogP contribution >= 0.6 is 0 Å². The second kappa shape index (κ2) is 10.8. The number of fused-ring (bicyclic) bond motifs is 6. The molecule has 9 rings (SSSR count). The van der Waals surface area contributed by atoms with Gasteiger partial charge in [-0.2, -0.15) is 0 Å². The molecule has 216 valence electrons. The third-order valence-electron chi connectivity index (χ3n) is 6.98. The minimum absolute atomic E-state index is 0.430. The Balaban J connectivity index is 1.53. The molecule has 9 aromatic rings. The molecule has 0 bridgehead atoms. The first-order chi connectivity index (χ1) is 34.5. The maximum Gasteiger partial charge on any atom is 0.145 e. The van der Waals surface area contributed by atoms with Crippen molar-refractivity contribution in [1.29, 1.82) is 0 Å². The van der Waals surface area contributed by atoms with Gasteiger partial charge in [0.15, 0.2) is 0 Å². The third-order valence-corrected chi connectivity index (χ3v) is 6.98. The molecule has 0 aliphatic heterocycles. The van der Waals surface area contributed by atoms with E-state index in [4.69, 9.17) is 31.8 Å². The highest BCUT2D eigenvalue weighted by Gasteiger charge is 2.22. The first-order valence-electron chi connectivity index (χ1n) is 27.4. The predicted octanol–water partition coefficient (Wildman–Crippen LogP) is 12.7. The van der Waals surface area contributed by atoms with Crippen molar-refractivity contribution in [2.45, 2.75) is 0 Å². The van der Waals surface area contributed by atoms with Gasteiger partial charge in [-0.25, -0.2) is 0 Å². The van der Waals surface area contributed by atoms with Gasteiger partial charge in [0.2, 0.25) is 0 Å². The number of furan rings is 1. The molecule has 1 heterocycles. The van der Waals surface area contributed by atoms with Crippen LogP contribution in [0.5, 0.6) is 0 Å². The summed E-state index contributed by atoms with van der Waals surface area (Å²) in [5.74, 6) is 0. The van der Waals surface area contributed by atoms with E-state index in [2.05, 4.69) is 0 Å². The highest BCUT2D eigenvalue weighted by atomic mass is 16.3. The lowest BCUT2D eigenvalue weighted by Gasteiger charge is -2.27. The molecule has 0 atom stereocenters. The minimum atomic E-state index is -1.19. The molecule has 1 aromatic heterocycles. The average molecular weight is 616 g/mol. The molecule has 0 saturated carbocycles. The van der Waals surface area contributed by atoms with E-state index >= 15 is 0 Å². The van der Waals surface area contributed by atoms with E-state index in [1.54, 1.807) is 0 Å². The molecule has 2 nitrogen and oxygen atoms in total. The molecular weight excluding hydrogens is 558 g/mol. The monoisotopic (exact) mass is 615 g/mol. The Morgan fingerprint density at radius 2 is 0.978 bits per heavy atom. The van der Waals surface area contributed by atoms with E-state index in [0.29, 0.717) is 4.90 Å². The lowest BCUT2D eigenvalue weighted by Crippen LogP contribution is -2.10. The summed E-state index contributed by atoms with van der Waals surface area (Å²) < 4.78 is 254. The van der Waals surface area contributed by atoms with E-state index in [9.17, 15) is 11.0 Å². The maximum atomic E-state index is 9.66. The van der Waals surface area contributed by atoms with Crippen molar-refractivity contribution >= 4 is 60.5 Å². The molecule has 0 aliphatic rings. The Labute approximate surface area is 306 Å². The Morgan fingerprint density at radius 3 is 1.72 bits per heavy atom. The molecule has 8 aromatic carbocycles. The van der Waals surface area contributed by atoms with Crippen LogP contribution in [0.25, 0.3) is 65.7 Å². The second-order valence-electron chi connectivity index (χ2n) is 9.61. The summed E-state index contributed by atoms with van der Waals surface area (Å²) >= 11 is 0. The van der Waals surface area contributed by atoms with Gasteiger partial charge < -0.3 is 9.32 Å². The Hall–Kier alpha value is -6.12. The molecular formula is C44H29NO. The normalized spacial score (nSPS) is 20.0. The Morgan fingerprint density at radius 1 is 0.435 bits per heavy atom. The number of nitrogens with zero attached hydrogens (tertiary/aromatic N) is 1. The first-order valence-corrected chi connectivity index (χ1v) is 13.4. The SMILES string of the molecule is [2H]c1c([2H])c([2H])c(-c2c([2H])c([2H])c(N(c3c([2H])c([2H])c(-c4c([2H])c([2H])c5c([2H])c([2H])c([2H])c([2H])c5c4[2H])c([2H])c3[2H])c3cc4c([2H])c([2H])c([2H])c([2H])c4c4oc5c([2H])c([2H])c([2H])c([2H])c5c34)c([2H])c2[2H])c([2H])c1[2H]. The summed E-state index contributed by atoms with van der Waals surface area (Å²) in [7, 11) is 0. The summed E-state index contributed by atoms with van der Waals surface area (Å²) in [5, 5.41) is -3.12. The van der Waals surface area contributed by atoms with E-state index in [1.165, 1.54) is 0 Å². The summed E-state index contributed by atoms with van der Waals surface area (Å²) in [5.41, 5.74) is -7.25. The molecule has 0 aliphatic carbocycles. The largest absolute Gasteiger partial charge is 0.455 e. The van der Waals surface area contributed by atoms with Gasteiger partial charge in [0.1, 0.15) is 11.2 Å². The van der Waals surface area contributed by atoms with Gasteiger partial charge in [-0.15, -0.1) is 0 Å². The summed E-state index contributed by atoms with van der Waals surface area (Å²) in [6, 6.07) is -25.4. The average Bonchev–Trinajstić information content (AvgIpc) is 3.78. The molecule has 46 heavy (non-hydrogen) atoms. The van der Waals surface area contributed by atoms with Gasteiger partial charge in [-0.3, -0.25) is 0 Å². The van der Waals surface area contributed by atoms with E-state index in [0.717, 1.165) is 6.07 Å². The van der Waals surface area contributed by atoms with Crippen LogP contribution in [-0.2, 0) is 0 Å². The molecule has 2 heteroatoms. The van der Waals surface area contributed by atoms with Crippen molar-refractivity contribution in [1.82, 2.24) is 0 Å². The van der Waals surface area contributed by atoms with Crippen molar-refractivity contribution in [2.75, 3.05) is 4.90 Å². The van der Waals surface area contributed by atoms with Crippen LogP contribution in [0.1, 0.15) is 38.4 Å². The van der Waals surface area contributed by atoms with Crippen molar-refractivity contribution in [3.8, 4) is 22.3 Å². The molecule has 0 fully saturated rings. The summed E-state index contributed by atoms with van der Waals surface area (Å²) in [4.78, 5) is 0.576. The summed E-state index contributed by atoms with van der Waals surface area (Å²) in [6.45, 7) is 0. The van der Waals surface area contributed by atoms with Crippen molar-refractivity contribution in [3.63, 3.8) is 0 Å². The maximum absolute atomic E-state index is 9.66.